The van der Waals surface area contributed by atoms with E-state index in [-0.39, 0.29) is 0 Å². The molecule has 4 heteroatoms. The average molecular weight is 193 g/mol. The van der Waals surface area contributed by atoms with Gasteiger partial charge < -0.3 is 10.5 Å². The lowest BCUT2D eigenvalue weighted by Crippen LogP contribution is -2.54. The molecule has 2 heterocycles. The van der Waals surface area contributed by atoms with Crippen LogP contribution in [0.4, 0.5) is 0 Å². The second kappa shape index (κ2) is 3.94. The fourth-order valence-corrected chi connectivity index (χ4v) is 1.62. The smallest absolute Gasteiger partial charge is 0.212 e. The summed E-state index contributed by atoms with van der Waals surface area (Å²) < 4.78 is 4.99. The minimum atomic E-state index is 0.362. The third kappa shape index (κ3) is 2.02. The maximum atomic E-state index is 5.69. The standard InChI is InChI=1S/C10H15N3O/c1-14-10-3-2-8(4-12-10)5-13-6-9(11)7-13/h2-4,9H,5-7,11H2,1H3. The van der Waals surface area contributed by atoms with Crippen LogP contribution in [-0.2, 0) is 6.54 Å². The van der Waals surface area contributed by atoms with Gasteiger partial charge in [0.25, 0.3) is 0 Å². The number of pyridine rings is 1. The van der Waals surface area contributed by atoms with E-state index in [1.807, 2.05) is 18.3 Å². The lowest BCUT2D eigenvalue weighted by atomic mass is 10.1. The highest BCUT2D eigenvalue weighted by atomic mass is 16.5. The van der Waals surface area contributed by atoms with Crippen LogP contribution in [0.25, 0.3) is 0 Å². The van der Waals surface area contributed by atoms with Gasteiger partial charge in [-0.15, -0.1) is 0 Å². The van der Waals surface area contributed by atoms with Gasteiger partial charge in [-0.3, -0.25) is 4.90 Å². The normalized spacial score (nSPS) is 17.9. The molecule has 1 saturated heterocycles. The first kappa shape index (κ1) is 9.43. The monoisotopic (exact) mass is 193 g/mol. The van der Waals surface area contributed by atoms with E-state index in [1.54, 1.807) is 7.11 Å². The van der Waals surface area contributed by atoms with Gasteiger partial charge in [-0.1, -0.05) is 6.07 Å². The van der Waals surface area contributed by atoms with Crippen LogP contribution in [0.2, 0.25) is 0 Å². The molecule has 0 aromatic carbocycles. The van der Waals surface area contributed by atoms with Crippen molar-refractivity contribution in [3.05, 3.63) is 23.9 Å². The summed E-state index contributed by atoms with van der Waals surface area (Å²) in [7, 11) is 1.62. The molecule has 0 atom stereocenters. The first-order chi connectivity index (χ1) is 6.78. The van der Waals surface area contributed by atoms with Crippen LogP contribution in [0.3, 0.4) is 0 Å². The van der Waals surface area contributed by atoms with Crippen molar-refractivity contribution in [3.63, 3.8) is 0 Å². The molecule has 0 amide bonds. The molecule has 1 fully saturated rings. The summed E-state index contributed by atoms with van der Waals surface area (Å²) in [5.74, 6) is 0.661. The highest BCUT2D eigenvalue weighted by Gasteiger charge is 2.22. The molecular weight excluding hydrogens is 178 g/mol. The summed E-state index contributed by atoms with van der Waals surface area (Å²) in [6.45, 7) is 2.92. The van der Waals surface area contributed by atoms with Crippen molar-refractivity contribution in [1.82, 2.24) is 9.88 Å². The van der Waals surface area contributed by atoms with Crippen molar-refractivity contribution in [1.29, 1.82) is 0 Å². The second-order valence-electron chi connectivity index (χ2n) is 3.66. The van der Waals surface area contributed by atoms with Crippen LogP contribution >= 0.6 is 0 Å². The van der Waals surface area contributed by atoms with E-state index in [1.165, 1.54) is 5.56 Å². The molecule has 1 aromatic rings. The van der Waals surface area contributed by atoms with Crippen LogP contribution in [0, 0.1) is 0 Å². The summed E-state index contributed by atoms with van der Waals surface area (Å²) in [5.41, 5.74) is 6.90. The second-order valence-corrected chi connectivity index (χ2v) is 3.66. The Hall–Kier alpha value is -1.13. The molecule has 0 saturated carbocycles. The zero-order valence-corrected chi connectivity index (χ0v) is 8.31. The lowest BCUT2D eigenvalue weighted by Gasteiger charge is -2.36. The fourth-order valence-electron chi connectivity index (χ4n) is 1.62. The highest BCUT2D eigenvalue weighted by Crippen LogP contribution is 2.13. The largest absolute Gasteiger partial charge is 0.481 e. The van der Waals surface area contributed by atoms with Crippen molar-refractivity contribution in [2.75, 3.05) is 20.2 Å². The molecule has 4 nitrogen and oxygen atoms in total. The summed E-state index contributed by atoms with van der Waals surface area (Å²) in [5, 5.41) is 0. The van der Waals surface area contributed by atoms with Crippen LogP contribution in [-0.4, -0.2) is 36.1 Å². The minimum absolute atomic E-state index is 0.362. The number of nitrogens with zero attached hydrogens (tertiary/aromatic N) is 2. The van der Waals surface area contributed by atoms with Gasteiger partial charge in [0.1, 0.15) is 0 Å². The van der Waals surface area contributed by atoms with Gasteiger partial charge in [0, 0.05) is 37.9 Å². The van der Waals surface area contributed by atoms with Crippen molar-refractivity contribution < 1.29 is 4.74 Å². The van der Waals surface area contributed by atoms with E-state index in [4.69, 9.17) is 10.5 Å². The zero-order chi connectivity index (χ0) is 9.97. The number of hydrogen-bond acceptors (Lipinski definition) is 4. The number of rotatable bonds is 3. The summed E-state index contributed by atoms with van der Waals surface area (Å²) in [6, 6.07) is 4.28. The van der Waals surface area contributed by atoms with Gasteiger partial charge >= 0.3 is 0 Å². The quantitative estimate of drug-likeness (QED) is 0.746. The Bertz CT molecular complexity index is 293. The van der Waals surface area contributed by atoms with Gasteiger partial charge in [-0.25, -0.2) is 4.98 Å². The maximum Gasteiger partial charge on any atom is 0.212 e. The van der Waals surface area contributed by atoms with Gasteiger partial charge in [-0.2, -0.15) is 0 Å². The van der Waals surface area contributed by atoms with Crippen LogP contribution < -0.4 is 10.5 Å². The summed E-state index contributed by atoms with van der Waals surface area (Å²) in [6.07, 6.45) is 1.85. The van der Waals surface area contributed by atoms with E-state index < -0.39 is 0 Å². The Morgan fingerprint density at radius 2 is 2.36 bits per heavy atom. The van der Waals surface area contributed by atoms with Crippen LogP contribution in [0.1, 0.15) is 5.56 Å². The number of ether oxygens (including phenoxy) is 1. The number of nitrogens with two attached hydrogens (primary N) is 1. The van der Waals surface area contributed by atoms with E-state index >= 15 is 0 Å². The van der Waals surface area contributed by atoms with E-state index in [2.05, 4.69) is 9.88 Å². The van der Waals surface area contributed by atoms with Gasteiger partial charge in [0.15, 0.2) is 0 Å². The predicted molar refractivity (Wildman–Crippen MR) is 54.0 cm³/mol. The molecule has 14 heavy (non-hydrogen) atoms. The first-order valence-corrected chi connectivity index (χ1v) is 4.75. The first-order valence-electron chi connectivity index (χ1n) is 4.75. The zero-order valence-electron chi connectivity index (χ0n) is 8.31. The molecule has 2 N–H and O–H groups in total. The Balaban J connectivity index is 1.90. The Morgan fingerprint density at radius 3 is 2.86 bits per heavy atom. The Morgan fingerprint density at radius 1 is 1.57 bits per heavy atom. The van der Waals surface area contributed by atoms with E-state index in [0.717, 1.165) is 19.6 Å². The van der Waals surface area contributed by atoms with Gasteiger partial charge in [0.05, 0.1) is 7.11 Å². The molecule has 0 bridgehead atoms. The SMILES string of the molecule is COc1ccc(CN2CC(N)C2)cn1. The number of likely N-dealkylation sites (tertiary alicyclic amines) is 1. The van der Waals surface area contributed by atoms with Crippen molar-refractivity contribution in [2.24, 2.45) is 5.73 Å². The Labute approximate surface area is 83.7 Å². The molecule has 1 aromatic heterocycles. The van der Waals surface area contributed by atoms with E-state index in [9.17, 15) is 0 Å². The maximum absolute atomic E-state index is 5.69. The third-order valence-corrected chi connectivity index (χ3v) is 2.40. The van der Waals surface area contributed by atoms with Gasteiger partial charge in [0.2, 0.25) is 5.88 Å². The van der Waals surface area contributed by atoms with Crippen molar-refractivity contribution in [3.8, 4) is 5.88 Å². The topological polar surface area (TPSA) is 51.4 Å². The molecule has 0 radical (unpaired) electrons. The van der Waals surface area contributed by atoms with Crippen LogP contribution in [0.15, 0.2) is 18.3 Å². The number of hydrogen-bond donors (Lipinski definition) is 1. The average Bonchev–Trinajstić information content (AvgIpc) is 2.17. The predicted octanol–water partition coefficient (Wildman–Crippen LogP) is 0.233. The summed E-state index contributed by atoms with van der Waals surface area (Å²) >= 11 is 0. The van der Waals surface area contributed by atoms with Gasteiger partial charge in [-0.05, 0) is 5.56 Å². The van der Waals surface area contributed by atoms with E-state index in [0.29, 0.717) is 11.9 Å². The molecule has 1 aliphatic rings. The number of aromatic nitrogens is 1. The lowest BCUT2D eigenvalue weighted by molar-refractivity contribution is 0.142. The van der Waals surface area contributed by atoms with Crippen LogP contribution in [0.5, 0.6) is 5.88 Å². The fraction of sp³-hybridized carbons (Fsp3) is 0.500. The molecule has 0 spiro atoms. The molecule has 0 unspecified atom stereocenters. The number of methoxy groups -OCH3 is 1. The van der Waals surface area contributed by atoms with Crippen molar-refractivity contribution in [2.45, 2.75) is 12.6 Å². The molecule has 1 aliphatic heterocycles. The highest BCUT2D eigenvalue weighted by molar-refractivity contribution is 5.17. The summed E-state index contributed by atoms with van der Waals surface area (Å²) in [4.78, 5) is 6.45. The molecular formula is C10H15N3O. The Kier molecular flexibility index (Phi) is 2.65. The molecule has 76 valence electrons. The molecule has 0 aliphatic carbocycles. The van der Waals surface area contributed by atoms with Crippen molar-refractivity contribution >= 4 is 0 Å². The minimum Gasteiger partial charge on any atom is -0.481 e. The third-order valence-electron chi connectivity index (χ3n) is 2.40. The molecule has 2 rings (SSSR count).